The Morgan fingerprint density at radius 2 is 0.515 bits per heavy atom. The first-order chi connectivity index (χ1) is 33.5. The van der Waals surface area contributed by atoms with Gasteiger partial charge in [0.15, 0.2) is 17.5 Å². The quantitative estimate of drug-likeness (QED) is 0.0917. The summed E-state index contributed by atoms with van der Waals surface area (Å²) < 4.78 is 0. The predicted octanol–water partition coefficient (Wildman–Crippen LogP) is 15.0. The van der Waals surface area contributed by atoms with Crippen LogP contribution in [0, 0.1) is 0 Å². The van der Waals surface area contributed by atoms with Crippen LogP contribution in [-0.4, -0.2) is 43.1 Å². The normalized spacial score (nSPS) is 10.9. The number of hydrogen-bond donors (Lipinski definition) is 4. The second-order valence-electron chi connectivity index (χ2n) is 16.7. The Kier molecular flexibility index (Phi) is 12.3. The zero-order valence-corrected chi connectivity index (χ0v) is 38.5. The van der Waals surface area contributed by atoms with Crippen molar-refractivity contribution in [2.45, 2.75) is 0 Å². The third-order valence-electron chi connectivity index (χ3n) is 12.5. The van der Waals surface area contributed by atoms with Gasteiger partial charge < -0.3 is 21.3 Å². The van der Waals surface area contributed by atoms with Gasteiger partial charge in [0.05, 0.1) is 0 Å². The molecule has 0 amide bonds. The molecule has 4 N–H and O–H groups in total. The molecule has 0 fully saturated rings. The maximum absolute atomic E-state index is 5.19. The molecular formula is C61H51N7. The van der Waals surface area contributed by atoms with Crippen LogP contribution >= 0.6 is 0 Å². The van der Waals surface area contributed by atoms with Crippen LogP contribution in [0.4, 0.5) is 22.7 Å². The van der Waals surface area contributed by atoms with Crippen LogP contribution in [0.1, 0.15) is 0 Å². The van der Waals surface area contributed by atoms with Crippen LogP contribution in [0.15, 0.2) is 212 Å². The lowest BCUT2D eigenvalue weighted by Gasteiger charge is -2.14. The summed E-state index contributed by atoms with van der Waals surface area (Å²) in [5, 5.41) is 13.3. The molecule has 68 heavy (non-hydrogen) atoms. The van der Waals surface area contributed by atoms with Gasteiger partial charge in [0, 0.05) is 78.8 Å². The number of anilines is 4. The molecule has 10 aromatic rings. The van der Waals surface area contributed by atoms with Crippen molar-refractivity contribution in [3.8, 4) is 101 Å². The minimum atomic E-state index is 0.609. The highest BCUT2D eigenvalue weighted by Crippen LogP contribution is 2.37. The van der Waals surface area contributed by atoms with Crippen LogP contribution in [0.2, 0.25) is 0 Å². The molecule has 0 radical (unpaired) electrons. The SMILES string of the molecule is CNc1ccc(NC)c(-c2cccc(-c3cccc(-c4cccc(-c5nc(-c6ccccc6)nc(-c6cccc(-c7cccc(-c8cccc(-c9cc(NC)ccc9NC)c8)c7)c6)n5)c4)c3)c2)c1. The Bertz CT molecular complexity index is 3210. The third kappa shape index (κ3) is 9.06. The second-order valence-corrected chi connectivity index (χ2v) is 16.7. The summed E-state index contributed by atoms with van der Waals surface area (Å²) in [6.07, 6.45) is 0. The molecule has 0 unspecified atom stereocenters. The minimum Gasteiger partial charge on any atom is -0.388 e. The van der Waals surface area contributed by atoms with Gasteiger partial charge in [-0.2, -0.15) is 0 Å². The van der Waals surface area contributed by atoms with Gasteiger partial charge in [0.2, 0.25) is 0 Å². The highest BCUT2D eigenvalue weighted by Gasteiger charge is 2.16. The van der Waals surface area contributed by atoms with E-state index in [2.05, 4.69) is 203 Å². The van der Waals surface area contributed by atoms with E-state index in [0.717, 1.165) is 106 Å². The summed E-state index contributed by atoms with van der Waals surface area (Å²) >= 11 is 0. The highest BCUT2D eigenvalue weighted by atomic mass is 15.0. The van der Waals surface area contributed by atoms with E-state index in [1.165, 1.54) is 0 Å². The summed E-state index contributed by atoms with van der Waals surface area (Å²) in [7, 11) is 7.82. The topological polar surface area (TPSA) is 86.8 Å². The molecule has 330 valence electrons. The average molecular weight is 882 g/mol. The number of hydrogen-bond acceptors (Lipinski definition) is 7. The van der Waals surface area contributed by atoms with E-state index in [1.807, 2.05) is 58.5 Å². The monoisotopic (exact) mass is 881 g/mol. The smallest absolute Gasteiger partial charge is 0.164 e. The summed E-state index contributed by atoms with van der Waals surface area (Å²) in [4.78, 5) is 15.4. The molecule has 1 heterocycles. The Hall–Kier alpha value is -8.81. The highest BCUT2D eigenvalue weighted by molar-refractivity contribution is 5.86. The first-order valence-electron chi connectivity index (χ1n) is 22.9. The fraction of sp³-hybridized carbons (Fsp3) is 0.0656. The zero-order chi connectivity index (χ0) is 46.4. The molecule has 0 saturated heterocycles. The third-order valence-corrected chi connectivity index (χ3v) is 12.5. The zero-order valence-electron chi connectivity index (χ0n) is 38.5. The van der Waals surface area contributed by atoms with Gasteiger partial charge in [-0.05, 0) is 128 Å². The van der Waals surface area contributed by atoms with Gasteiger partial charge >= 0.3 is 0 Å². The fourth-order valence-electron chi connectivity index (χ4n) is 8.83. The summed E-state index contributed by atoms with van der Waals surface area (Å²) in [6, 6.07) is 74.8. The maximum atomic E-state index is 5.19. The van der Waals surface area contributed by atoms with Gasteiger partial charge in [-0.1, -0.05) is 140 Å². The number of rotatable bonds is 13. The Morgan fingerprint density at radius 1 is 0.235 bits per heavy atom. The molecule has 0 aliphatic rings. The lowest BCUT2D eigenvalue weighted by atomic mass is 9.95. The number of nitrogens with zero attached hydrogens (tertiary/aromatic N) is 3. The molecule has 0 aliphatic carbocycles. The van der Waals surface area contributed by atoms with Crippen molar-refractivity contribution in [3.63, 3.8) is 0 Å². The number of nitrogens with one attached hydrogen (secondary N) is 4. The molecule has 0 spiro atoms. The van der Waals surface area contributed by atoms with Crippen LogP contribution in [0.25, 0.3) is 101 Å². The number of aromatic nitrogens is 3. The van der Waals surface area contributed by atoms with Gasteiger partial charge in [0.25, 0.3) is 0 Å². The van der Waals surface area contributed by atoms with Gasteiger partial charge in [-0.15, -0.1) is 0 Å². The van der Waals surface area contributed by atoms with Crippen LogP contribution in [0.5, 0.6) is 0 Å². The summed E-state index contributed by atoms with van der Waals surface area (Å²) in [5.41, 5.74) is 20.5. The first-order valence-corrected chi connectivity index (χ1v) is 22.9. The summed E-state index contributed by atoms with van der Waals surface area (Å²) in [5.74, 6) is 1.84. The molecule has 0 saturated carbocycles. The molecule has 0 atom stereocenters. The lowest BCUT2D eigenvalue weighted by Crippen LogP contribution is -2.00. The second kappa shape index (κ2) is 19.3. The summed E-state index contributed by atoms with van der Waals surface area (Å²) in [6.45, 7) is 0. The van der Waals surface area contributed by atoms with E-state index >= 15 is 0 Å². The molecule has 7 nitrogen and oxygen atoms in total. The van der Waals surface area contributed by atoms with E-state index in [1.54, 1.807) is 0 Å². The van der Waals surface area contributed by atoms with Crippen molar-refractivity contribution in [3.05, 3.63) is 212 Å². The van der Waals surface area contributed by atoms with Crippen molar-refractivity contribution < 1.29 is 0 Å². The molecule has 10 rings (SSSR count). The van der Waals surface area contributed by atoms with E-state index in [0.29, 0.717) is 17.5 Å². The van der Waals surface area contributed by atoms with Crippen LogP contribution in [0.3, 0.4) is 0 Å². The van der Waals surface area contributed by atoms with Gasteiger partial charge in [0.1, 0.15) is 0 Å². The van der Waals surface area contributed by atoms with Crippen molar-refractivity contribution >= 4 is 22.7 Å². The Balaban J connectivity index is 0.983. The van der Waals surface area contributed by atoms with E-state index in [-0.39, 0.29) is 0 Å². The van der Waals surface area contributed by atoms with Crippen molar-refractivity contribution in [2.75, 3.05) is 49.5 Å². The van der Waals surface area contributed by atoms with E-state index < -0.39 is 0 Å². The first kappa shape index (κ1) is 43.1. The molecule has 7 heteroatoms. The Labute approximate surface area is 398 Å². The van der Waals surface area contributed by atoms with E-state index in [4.69, 9.17) is 15.0 Å². The minimum absolute atomic E-state index is 0.609. The van der Waals surface area contributed by atoms with Crippen LogP contribution < -0.4 is 21.3 Å². The number of benzene rings is 9. The van der Waals surface area contributed by atoms with Crippen molar-refractivity contribution in [1.29, 1.82) is 0 Å². The predicted molar refractivity (Wildman–Crippen MR) is 287 cm³/mol. The van der Waals surface area contributed by atoms with Gasteiger partial charge in [-0.3, -0.25) is 0 Å². The fourth-order valence-corrected chi connectivity index (χ4v) is 8.83. The Morgan fingerprint density at radius 3 is 0.853 bits per heavy atom. The van der Waals surface area contributed by atoms with Crippen LogP contribution in [-0.2, 0) is 0 Å². The largest absolute Gasteiger partial charge is 0.388 e. The van der Waals surface area contributed by atoms with Crippen molar-refractivity contribution in [1.82, 2.24) is 15.0 Å². The maximum Gasteiger partial charge on any atom is 0.164 e. The molecule has 9 aromatic carbocycles. The molecule has 0 aliphatic heterocycles. The standard InChI is InChI=1S/C61H51N7/c1-62-53-28-30-57(64-3)55(38-53)49-24-10-20-45(34-49)41-16-8-18-43(32-41)47-22-12-26-51(36-47)60-66-59(40-14-6-5-7-15-40)67-61(68-60)52-27-13-23-48(37-52)44-19-9-17-42(33-44)46-21-11-25-50(35-46)56-39-54(63-2)29-31-58(56)65-4/h5-39,62-65H,1-4H3. The molecule has 0 bridgehead atoms. The molecular weight excluding hydrogens is 831 g/mol. The van der Waals surface area contributed by atoms with Gasteiger partial charge in [-0.25, -0.2) is 15.0 Å². The van der Waals surface area contributed by atoms with E-state index in [9.17, 15) is 0 Å². The van der Waals surface area contributed by atoms with Crippen molar-refractivity contribution in [2.24, 2.45) is 0 Å². The average Bonchev–Trinajstić information content (AvgIpc) is 3.43. The molecule has 1 aromatic heterocycles. The lowest BCUT2D eigenvalue weighted by molar-refractivity contribution is 1.07.